The average molecular weight is 1970 g/mol. The molecule has 0 saturated heterocycles. The molecule has 16 fully saturated rings. The quantitative estimate of drug-likeness (QED) is 0.0455. The zero-order chi connectivity index (χ0) is 101. The number of ether oxygens (including phenoxy) is 10. The molecule has 0 aromatic carbocycles. The maximum Gasteiger partial charge on any atom is 0.318 e. The van der Waals surface area contributed by atoms with E-state index < -0.39 is 97.7 Å². The number of carbonyl (C=O) groups excluding carboxylic acids is 10. The molecule has 16 saturated carbocycles. The number of aliphatic carboxylic acids is 1. The normalized spacial score (nSPS) is 42.4. The Morgan fingerprint density at radius 3 is 0.667 bits per heavy atom. The van der Waals surface area contributed by atoms with Crippen LogP contribution in [-0.2, 0) is 100 Å². The van der Waals surface area contributed by atoms with Gasteiger partial charge in [0.25, 0.3) is 0 Å². The molecule has 22 nitrogen and oxygen atoms in total. The SMILES string of the molecule is CC(=O)O[C@@H]1CC[C@@]2(C)[C@@H](CC[C@@H]3[C@@H]2CC[C@]2(C)[C@@H]([C@H](C)CCC(=O)OCC(C)(COC(=O)CC[C@@H](C)[C@H]4CC[C@H]5[C@@H]6CC[C@H]7C[C@H](OC(C)=O)CC[C@]7(C)[C@H]6CC[C@]45C)C(=O)OCC(C)(COC(=O)C(C)(COC(=O)CC[C@@H](C)[C@H]4CC[C@H]5[C@@H]6CC[C@H]7C[C@H](OC(C)=O)CC[C@]7(C)[C@H]6CC[C@]45C)COC(=O)CC[C@@H](C)[C@H]4CC[C@H]5[C@@H]6CC[C@H]7C[C@H](OC(C)=O)CC[C@]7(C)[C@H]6CC[C@]45C)C(=O)O)CC[C@@H]32)C1. The second-order valence-electron chi connectivity index (χ2n) is 54.4. The van der Waals surface area contributed by atoms with Gasteiger partial charge in [-0.2, -0.15) is 0 Å². The Hall–Kier alpha value is -5.83. The predicted octanol–water partition coefficient (Wildman–Crippen LogP) is 24.4. The highest BCUT2D eigenvalue weighted by atomic mass is 16.6. The summed E-state index contributed by atoms with van der Waals surface area (Å²) < 4.78 is 59.9. The van der Waals surface area contributed by atoms with Crippen molar-refractivity contribution in [2.75, 3.05) is 39.6 Å². The zero-order valence-electron chi connectivity index (χ0n) is 90.5. The standard InChI is InChI=1S/C119H186O22/c1-70(90-32-36-94-86-28-24-78-60-82(138-74(5)120)44-52-112(78,12)98(86)48-56-116(90,94)16)20-40-102(124)132-66-110(10,67-133-103(125)41-21-71(2)91-33-37-95-87-29-25-79-61-83(139-75(6)121)45-53-113(79,13)99(87)49-57-117(91,95)17)107(130)136-64-109(9,106(128)129)65-137-108(131)111(11,68-134-104(126)42-22-72(3)92-34-38-96-88-30-26-80-62-84(140-76(7)122)46-54-114(80,14)100(88)50-58-118(92,96)18)69-135-105(127)43-23-73(4)93-35-39-97-89-31-27-81-63-85(141-77(8)123)47-55-115(81,15)101(89)51-59-119(93,97)19/h70-73,78-101H,20-69H2,1-19H3,(H,128,129)/t70-,71-,72-,73-,78+,79+,80+,81+,82-,83-,84-,85-,86+,87+,88+,89+,90-,91-,92-,93-,94+,95+,96+,97+,98+,99+,100+,101+,112+,113+,114+,115+,116-,117-,118-,119-/m1/s1. The summed E-state index contributed by atoms with van der Waals surface area (Å²) in [6.07, 6.45) is 42.1. The van der Waals surface area contributed by atoms with Gasteiger partial charge in [-0.25, -0.2) is 0 Å². The minimum Gasteiger partial charge on any atom is -0.481 e. The number of hydrogen-bond acceptors (Lipinski definition) is 21. The lowest BCUT2D eigenvalue weighted by molar-refractivity contribution is -0.180. The van der Waals surface area contributed by atoms with Gasteiger partial charge in [0.2, 0.25) is 0 Å². The molecule has 1 N–H and O–H groups in total. The molecular weight excluding hydrogens is 1780 g/mol. The van der Waals surface area contributed by atoms with Gasteiger partial charge in [0.05, 0.1) is 0 Å². The molecular formula is C119H186O22. The van der Waals surface area contributed by atoms with E-state index in [2.05, 4.69) is 83.1 Å². The van der Waals surface area contributed by atoms with Gasteiger partial charge in [-0.05, 0) is 463 Å². The highest BCUT2D eigenvalue weighted by Gasteiger charge is 2.67. The summed E-state index contributed by atoms with van der Waals surface area (Å²) in [5, 5.41) is 11.2. The summed E-state index contributed by atoms with van der Waals surface area (Å²) in [4.78, 5) is 150. The number of fused-ring (bicyclic) bond motifs is 20. The van der Waals surface area contributed by atoms with Crippen LogP contribution < -0.4 is 0 Å². The first kappa shape index (κ1) is 108. The van der Waals surface area contributed by atoms with E-state index in [9.17, 15) is 48.3 Å². The maximum atomic E-state index is 15.2. The van der Waals surface area contributed by atoms with E-state index in [1.807, 2.05) is 0 Å². The molecule has 16 aliphatic rings. The van der Waals surface area contributed by atoms with Crippen LogP contribution in [-0.4, -0.2) is 135 Å². The molecule has 0 radical (unpaired) electrons. The van der Waals surface area contributed by atoms with E-state index >= 15 is 9.59 Å². The van der Waals surface area contributed by atoms with E-state index in [0.29, 0.717) is 144 Å². The van der Waals surface area contributed by atoms with Crippen molar-refractivity contribution in [3.63, 3.8) is 0 Å². The Bertz CT molecular complexity index is 4010. The summed E-state index contributed by atoms with van der Waals surface area (Å²) >= 11 is 0. The van der Waals surface area contributed by atoms with Crippen LogP contribution >= 0.6 is 0 Å². The Labute approximate surface area is 845 Å². The second-order valence-corrected chi connectivity index (χ2v) is 54.4. The average Bonchev–Trinajstić information content (AvgIpc) is 1.68. The molecule has 0 bridgehead atoms. The van der Waals surface area contributed by atoms with Crippen LogP contribution in [0.4, 0.5) is 0 Å². The molecule has 22 heteroatoms. The molecule has 36 atom stereocenters. The molecule has 141 heavy (non-hydrogen) atoms. The van der Waals surface area contributed by atoms with E-state index in [1.54, 1.807) is 0 Å². The van der Waals surface area contributed by atoms with E-state index in [1.165, 1.54) is 99.8 Å². The number of carboxylic acids is 1. The van der Waals surface area contributed by atoms with Gasteiger partial charge < -0.3 is 52.5 Å². The third-order valence-corrected chi connectivity index (χ3v) is 46.8. The monoisotopic (exact) mass is 1970 g/mol. The highest BCUT2D eigenvalue weighted by molar-refractivity contribution is 5.82. The fraction of sp³-hybridized carbons (Fsp3) is 0.908. The Morgan fingerprint density at radius 2 is 0.461 bits per heavy atom. The summed E-state index contributed by atoms with van der Waals surface area (Å²) in [6, 6.07) is 0. The van der Waals surface area contributed by atoms with Crippen LogP contribution in [0.3, 0.4) is 0 Å². The van der Waals surface area contributed by atoms with Gasteiger partial charge in [0.1, 0.15) is 80.3 Å². The van der Waals surface area contributed by atoms with E-state index in [0.717, 1.165) is 180 Å². The van der Waals surface area contributed by atoms with Crippen molar-refractivity contribution in [3.8, 4) is 0 Å². The van der Waals surface area contributed by atoms with Gasteiger partial charge in [-0.3, -0.25) is 52.7 Å². The van der Waals surface area contributed by atoms with Gasteiger partial charge in [-0.15, -0.1) is 0 Å². The molecule has 0 heterocycles. The first-order chi connectivity index (χ1) is 66.5. The lowest BCUT2D eigenvalue weighted by Crippen LogP contribution is -2.54. The smallest absolute Gasteiger partial charge is 0.318 e. The summed E-state index contributed by atoms with van der Waals surface area (Å²) in [7, 11) is 0. The van der Waals surface area contributed by atoms with Crippen molar-refractivity contribution in [1.29, 1.82) is 0 Å². The van der Waals surface area contributed by atoms with Gasteiger partial charge in [0, 0.05) is 53.4 Å². The molecule has 0 amide bonds. The molecule has 16 rings (SSSR count). The van der Waals surface area contributed by atoms with Crippen LogP contribution in [0.1, 0.15) is 414 Å². The largest absolute Gasteiger partial charge is 0.481 e. The lowest BCUT2D eigenvalue weighted by Gasteiger charge is -2.61. The fourth-order valence-corrected chi connectivity index (χ4v) is 38.9. The summed E-state index contributed by atoms with van der Waals surface area (Å²) in [6.45, 7) is 35.8. The van der Waals surface area contributed by atoms with Crippen molar-refractivity contribution in [2.45, 2.75) is 438 Å². The van der Waals surface area contributed by atoms with Crippen LogP contribution in [0.15, 0.2) is 0 Å². The van der Waals surface area contributed by atoms with Crippen molar-refractivity contribution in [2.24, 2.45) is 202 Å². The topological polar surface area (TPSA) is 300 Å². The van der Waals surface area contributed by atoms with Crippen LogP contribution in [0.2, 0.25) is 0 Å². The molecule has 794 valence electrons. The molecule has 16 aliphatic carbocycles. The summed E-state index contributed by atoms with van der Waals surface area (Å²) in [5.74, 6) is 5.74. The zero-order valence-corrected chi connectivity index (χ0v) is 90.5. The molecule has 0 spiro atoms. The first-order valence-electron chi connectivity index (χ1n) is 57.4. The number of carboxylic acid groups (broad SMARTS) is 1. The number of carbonyl (C=O) groups is 11. The molecule has 0 aromatic heterocycles. The third-order valence-electron chi connectivity index (χ3n) is 46.8. The summed E-state index contributed by atoms with van der Waals surface area (Å²) in [5.41, 5.74) is -4.38. The van der Waals surface area contributed by atoms with E-state index in [-0.39, 0.29) is 141 Å². The lowest BCUT2D eigenvalue weighted by atomic mass is 9.44. The van der Waals surface area contributed by atoms with Crippen LogP contribution in [0, 0.1) is 202 Å². The molecule has 0 aromatic rings. The maximum absolute atomic E-state index is 15.2. The minimum absolute atomic E-state index is 0.00546. The second kappa shape index (κ2) is 42.3. The number of hydrogen-bond donors (Lipinski definition) is 1. The highest BCUT2D eigenvalue weighted by Crippen LogP contribution is 2.75. The number of rotatable bonds is 35. The van der Waals surface area contributed by atoms with Gasteiger partial charge in [0.15, 0.2) is 0 Å². The van der Waals surface area contributed by atoms with Gasteiger partial charge in [-0.1, -0.05) is 83.1 Å². The minimum atomic E-state index is -2.10. The Morgan fingerprint density at radius 1 is 0.262 bits per heavy atom. The van der Waals surface area contributed by atoms with Crippen LogP contribution in [0.5, 0.6) is 0 Å². The van der Waals surface area contributed by atoms with Gasteiger partial charge >= 0.3 is 65.7 Å². The van der Waals surface area contributed by atoms with Crippen LogP contribution in [0.25, 0.3) is 0 Å². The first-order valence-corrected chi connectivity index (χ1v) is 57.4. The Kier molecular flexibility index (Phi) is 32.4. The third kappa shape index (κ3) is 21.2. The Balaban J connectivity index is 0.567. The van der Waals surface area contributed by atoms with Crippen molar-refractivity contribution in [3.05, 3.63) is 0 Å². The van der Waals surface area contributed by atoms with Crippen molar-refractivity contribution in [1.82, 2.24) is 0 Å². The fourth-order valence-electron chi connectivity index (χ4n) is 38.9. The molecule has 0 aliphatic heterocycles. The number of esters is 10. The molecule has 0 unspecified atom stereocenters. The van der Waals surface area contributed by atoms with Crippen molar-refractivity contribution >= 4 is 65.7 Å². The van der Waals surface area contributed by atoms with Crippen molar-refractivity contribution < 1.29 is 105 Å². The predicted molar refractivity (Wildman–Crippen MR) is 534 cm³/mol. The van der Waals surface area contributed by atoms with E-state index in [4.69, 9.17) is 47.4 Å².